The van der Waals surface area contributed by atoms with Crippen LogP contribution in [0.5, 0.6) is 5.75 Å². The molecular formula is C22H23ClOS2Si. The van der Waals surface area contributed by atoms with Crippen molar-refractivity contribution in [2.45, 2.75) is 34.0 Å². The zero-order chi connectivity index (χ0) is 19.3. The molecule has 0 spiro atoms. The van der Waals surface area contributed by atoms with Gasteiger partial charge < -0.3 is 4.43 Å². The Morgan fingerprint density at radius 1 is 0.778 bits per heavy atom. The Balaban J connectivity index is 2.00. The molecule has 0 aromatic heterocycles. The Bertz CT molecular complexity index is 825. The summed E-state index contributed by atoms with van der Waals surface area (Å²) >= 11 is 10.0. The third-order valence-electron chi connectivity index (χ3n) is 3.61. The number of thioether (sulfide) groups is 2. The lowest BCUT2D eigenvalue weighted by Crippen LogP contribution is -2.29. The van der Waals surface area contributed by atoms with Crippen LogP contribution in [0.15, 0.2) is 88.7 Å². The van der Waals surface area contributed by atoms with E-state index in [1.54, 1.807) is 0 Å². The van der Waals surface area contributed by atoms with Crippen LogP contribution >= 0.6 is 35.1 Å². The molecule has 0 aliphatic carbocycles. The molecule has 0 heterocycles. The second-order valence-electron chi connectivity index (χ2n) is 7.09. The maximum Gasteiger partial charge on any atom is 0.242 e. The van der Waals surface area contributed by atoms with Crippen LogP contribution in [0.3, 0.4) is 0 Å². The zero-order valence-electron chi connectivity index (χ0n) is 15.7. The van der Waals surface area contributed by atoms with Gasteiger partial charge in [-0.15, -0.1) is 23.5 Å². The molecule has 3 aromatic rings. The number of hydrogen-bond donors (Lipinski definition) is 0. The zero-order valence-corrected chi connectivity index (χ0v) is 19.1. The van der Waals surface area contributed by atoms with E-state index in [2.05, 4.69) is 68.2 Å². The van der Waals surface area contributed by atoms with Crippen LogP contribution in [0.4, 0.5) is 0 Å². The van der Waals surface area contributed by atoms with Crippen LogP contribution in [0.1, 0.15) is 10.1 Å². The molecule has 3 rings (SSSR count). The molecular weight excluding hydrogens is 408 g/mol. The maximum absolute atomic E-state index is 6.40. The van der Waals surface area contributed by atoms with Gasteiger partial charge in [0, 0.05) is 20.4 Å². The van der Waals surface area contributed by atoms with E-state index in [0.29, 0.717) is 0 Å². The van der Waals surface area contributed by atoms with E-state index in [9.17, 15) is 0 Å². The van der Waals surface area contributed by atoms with Gasteiger partial charge in [0.1, 0.15) is 5.75 Å². The normalized spacial score (nSPS) is 11.6. The fraction of sp³-hybridized carbons (Fsp3) is 0.182. The van der Waals surface area contributed by atoms with Crippen LogP contribution < -0.4 is 4.43 Å². The van der Waals surface area contributed by atoms with E-state index < -0.39 is 8.32 Å². The van der Waals surface area contributed by atoms with Gasteiger partial charge in [-0.05, 0) is 62.1 Å². The van der Waals surface area contributed by atoms with E-state index in [0.717, 1.165) is 16.3 Å². The molecule has 0 atom stereocenters. The topological polar surface area (TPSA) is 9.23 Å². The van der Waals surface area contributed by atoms with E-state index in [1.807, 2.05) is 53.9 Å². The van der Waals surface area contributed by atoms with Gasteiger partial charge in [-0.2, -0.15) is 0 Å². The van der Waals surface area contributed by atoms with Crippen LogP contribution in [-0.2, 0) is 0 Å². The van der Waals surface area contributed by atoms with Gasteiger partial charge in [0.15, 0.2) is 0 Å². The number of benzene rings is 3. The lowest BCUT2D eigenvalue weighted by molar-refractivity contribution is 0.552. The summed E-state index contributed by atoms with van der Waals surface area (Å²) in [5.41, 5.74) is 1.13. The van der Waals surface area contributed by atoms with Crippen molar-refractivity contribution >= 4 is 43.4 Å². The highest BCUT2D eigenvalue weighted by Crippen LogP contribution is 2.50. The SMILES string of the molecule is C[Si](C)(C)Oc1ccc(Cl)cc1C(Sc1ccccc1)Sc1ccccc1. The third-order valence-corrected chi connectivity index (χ3v) is 7.28. The highest BCUT2D eigenvalue weighted by Gasteiger charge is 2.24. The third kappa shape index (κ3) is 6.35. The first-order chi connectivity index (χ1) is 12.9. The molecule has 5 heteroatoms. The fourth-order valence-electron chi connectivity index (χ4n) is 2.52. The smallest absolute Gasteiger partial charge is 0.242 e. The maximum atomic E-state index is 6.40. The van der Waals surface area contributed by atoms with Gasteiger partial charge in [-0.1, -0.05) is 48.0 Å². The number of halogens is 1. The predicted octanol–water partition coefficient (Wildman–Crippen LogP) is 8.14. The first-order valence-corrected chi connectivity index (χ1v) is 14.4. The molecule has 140 valence electrons. The molecule has 0 amide bonds. The van der Waals surface area contributed by atoms with Gasteiger partial charge >= 0.3 is 0 Å². The summed E-state index contributed by atoms with van der Waals surface area (Å²) < 4.78 is 6.54. The first-order valence-electron chi connectivity index (χ1n) is 8.82. The molecule has 0 saturated heterocycles. The summed E-state index contributed by atoms with van der Waals surface area (Å²) in [6.45, 7) is 6.61. The van der Waals surface area contributed by atoms with Crippen LogP contribution in [-0.4, -0.2) is 8.32 Å². The molecule has 0 N–H and O–H groups in total. The second-order valence-corrected chi connectivity index (χ2v) is 14.6. The fourth-order valence-corrected chi connectivity index (χ4v) is 6.15. The van der Waals surface area contributed by atoms with Crippen molar-refractivity contribution in [2.24, 2.45) is 0 Å². The Kier molecular flexibility index (Phi) is 6.98. The van der Waals surface area contributed by atoms with Crippen molar-refractivity contribution in [3.8, 4) is 5.75 Å². The quantitative estimate of drug-likeness (QED) is 0.212. The summed E-state index contributed by atoms with van der Waals surface area (Å²) in [7, 11) is -1.74. The van der Waals surface area contributed by atoms with Gasteiger partial charge in [0.2, 0.25) is 8.32 Å². The van der Waals surface area contributed by atoms with E-state index in [1.165, 1.54) is 9.79 Å². The molecule has 0 bridgehead atoms. The van der Waals surface area contributed by atoms with Crippen molar-refractivity contribution in [1.82, 2.24) is 0 Å². The molecule has 0 fully saturated rings. The highest BCUT2D eigenvalue weighted by atomic mass is 35.5. The average molecular weight is 431 g/mol. The van der Waals surface area contributed by atoms with Gasteiger partial charge in [-0.3, -0.25) is 0 Å². The summed E-state index contributed by atoms with van der Waals surface area (Å²) in [6.07, 6.45) is 0. The molecule has 0 saturated carbocycles. The molecule has 0 unspecified atom stereocenters. The monoisotopic (exact) mass is 430 g/mol. The lowest BCUT2D eigenvalue weighted by Gasteiger charge is -2.25. The standard InChI is InChI=1S/C22H23ClOS2Si/c1-27(2,3)24-21-15-14-17(23)16-20(21)22(25-18-10-6-4-7-11-18)26-19-12-8-5-9-13-19/h4-16,22H,1-3H3. The van der Waals surface area contributed by atoms with Crippen molar-refractivity contribution < 1.29 is 4.43 Å². The Morgan fingerprint density at radius 2 is 1.30 bits per heavy atom. The van der Waals surface area contributed by atoms with Crippen molar-refractivity contribution in [1.29, 1.82) is 0 Å². The highest BCUT2D eigenvalue weighted by molar-refractivity contribution is 8.16. The molecule has 0 aliphatic rings. The van der Waals surface area contributed by atoms with Gasteiger partial charge in [-0.25, -0.2) is 0 Å². The van der Waals surface area contributed by atoms with Crippen LogP contribution in [0.25, 0.3) is 0 Å². The minimum Gasteiger partial charge on any atom is -0.544 e. The lowest BCUT2D eigenvalue weighted by atomic mass is 10.2. The second kappa shape index (κ2) is 9.24. The van der Waals surface area contributed by atoms with Crippen molar-refractivity contribution in [3.63, 3.8) is 0 Å². The Morgan fingerprint density at radius 3 is 1.78 bits per heavy atom. The number of hydrogen-bond acceptors (Lipinski definition) is 3. The van der Waals surface area contributed by atoms with Crippen LogP contribution in [0.2, 0.25) is 24.7 Å². The summed E-state index contributed by atoms with van der Waals surface area (Å²) in [5.74, 6) is 0.940. The average Bonchev–Trinajstić information content (AvgIpc) is 2.63. The molecule has 0 aliphatic heterocycles. The van der Waals surface area contributed by atoms with E-state index in [-0.39, 0.29) is 4.58 Å². The number of rotatable bonds is 7. The summed E-state index contributed by atoms with van der Waals surface area (Å²) in [5, 5.41) is 0.736. The van der Waals surface area contributed by atoms with E-state index in [4.69, 9.17) is 16.0 Å². The van der Waals surface area contributed by atoms with Crippen molar-refractivity contribution in [3.05, 3.63) is 89.4 Å². The Labute approximate surface area is 176 Å². The predicted molar refractivity (Wildman–Crippen MR) is 123 cm³/mol. The minimum atomic E-state index is -1.74. The summed E-state index contributed by atoms with van der Waals surface area (Å²) in [6, 6.07) is 26.9. The van der Waals surface area contributed by atoms with E-state index >= 15 is 0 Å². The minimum absolute atomic E-state index is 0.139. The molecule has 1 nitrogen and oxygen atoms in total. The summed E-state index contributed by atoms with van der Waals surface area (Å²) in [4.78, 5) is 2.45. The molecule has 0 radical (unpaired) electrons. The van der Waals surface area contributed by atoms with Crippen molar-refractivity contribution in [2.75, 3.05) is 0 Å². The largest absolute Gasteiger partial charge is 0.544 e. The Hall–Kier alpha value is -1.33. The van der Waals surface area contributed by atoms with Crippen LogP contribution in [0, 0.1) is 0 Å². The van der Waals surface area contributed by atoms with Gasteiger partial charge in [0.25, 0.3) is 0 Å². The molecule has 27 heavy (non-hydrogen) atoms. The molecule has 3 aromatic carbocycles. The van der Waals surface area contributed by atoms with Gasteiger partial charge in [0.05, 0.1) is 4.58 Å². The first kappa shape index (κ1) is 20.4.